The van der Waals surface area contributed by atoms with Gasteiger partial charge in [-0.3, -0.25) is 13.9 Å². The molecule has 1 unspecified atom stereocenters. The number of rotatable bonds is 10. The third-order valence-corrected chi connectivity index (χ3v) is 8.31. The van der Waals surface area contributed by atoms with Gasteiger partial charge in [-0.05, 0) is 69.2 Å². The molecule has 1 N–H and O–H groups in total. The average molecular weight is 577 g/mol. The summed E-state index contributed by atoms with van der Waals surface area (Å²) in [4.78, 5) is 28.2. The number of benzene rings is 3. The fourth-order valence-electron chi connectivity index (χ4n) is 3.90. The van der Waals surface area contributed by atoms with E-state index in [2.05, 4.69) is 5.32 Å². The Labute approximate surface area is 234 Å². The Morgan fingerprint density at radius 3 is 2.16 bits per heavy atom. The maximum Gasteiger partial charge on any atom is 0.264 e. The third kappa shape index (κ3) is 7.07. The number of sulfonamides is 1. The molecule has 38 heavy (non-hydrogen) atoms. The molecule has 7 nitrogen and oxygen atoms in total. The van der Waals surface area contributed by atoms with E-state index in [1.807, 2.05) is 13.8 Å². The van der Waals surface area contributed by atoms with Crippen molar-refractivity contribution >= 4 is 50.7 Å². The number of amides is 2. The van der Waals surface area contributed by atoms with E-state index < -0.39 is 28.5 Å². The molecule has 202 valence electrons. The molecule has 0 bridgehead atoms. The minimum atomic E-state index is -4.12. The number of aryl methyl sites for hydroxylation is 1. The number of para-hydroxylation sites is 1. The Morgan fingerprint density at radius 1 is 0.921 bits per heavy atom. The van der Waals surface area contributed by atoms with Gasteiger partial charge in [0, 0.05) is 22.6 Å². The van der Waals surface area contributed by atoms with Crippen LogP contribution in [0.25, 0.3) is 0 Å². The molecule has 0 aliphatic rings. The van der Waals surface area contributed by atoms with Gasteiger partial charge in [0.05, 0.1) is 10.6 Å². The molecule has 0 saturated carbocycles. The van der Waals surface area contributed by atoms with Crippen LogP contribution in [0.2, 0.25) is 10.0 Å². The molecule has 2 amide bonds. The summed E-state index contributed by atoms with van der Waals surface area (Å²) in [6.45, 7) is 6.47. The van der Waals surface area contributed by atoms with Gasteiger partial charge in [-0.15, -0.1) is 0 Å². The average Bonchev–Trinajstić information content (AvgIpc) is 2.87. The van der Waals surface area contributed by atoms with Crippen molar-refractivity contribution in [2.45, 2.75) is 51.2 Å². The number of hydrogen-bond acceptors (Lipinski definition) is 4. The van der Waals surface area contributed by atoms with E-state index in [0.717, 1.165) is 4.31 Å². The largest absolute Gasteiger partial charge is 0.352 e. The zero-order valence-corrected chi connectivity index (χ0v) is 24.0. The first-order chi connectivity index (χ1) is 17.9. The van der Waals surface area contributed by atoms with E-state index in [0.29, 0.717) is 26.9 Å². The van der Waals surface area contributed by atoms with Crippen molar-refractivity contribution < 1.29 is 18.0 Å². The molecule has 3 rings (SSSR count). The fourth-order valence-corrected chi connectivity index (χ4v) is 5.87. The molecule has 3 aromatic carbocycles. The molecule has 0 heterocycles. The number of anilines is 1. The topological polar surface area (TPSA) is 86.8 Å². The van der Waals surface area contributed by atoms with Gasteiger partial charge >= 0.3 is 0 Å². The number of carbonyl (C=O) groups is 2. The maximum absolute atomic E-state index is 13.9. The molecule has 1 atom stereocenters. The quantitative estimate of drug-likeness (QED) is 0.348. The van der Waals surface area contributed by atoms with Gasteiger partial charge < -0.3 is 10.2 Å². The van der Waals surface area contributed by atoms with Crippen LogP contribution in [0, 0.1) is 6.92 Å². The van der Waals surface area contributed by atoms with Crippen molar-refractivity contribution in [1.29, 1.82) is 0 Å². The molecule has 3 aromatic rings. The molecular formula is C28H31Cl2N3O4S. The first kappa shape index (κ1) is 29.5. The van der Waals surface area contributed by atoms with Gasteiger partial charge in [0.25, 0.3) is 10.0 Å². The van der Waals surface area contributed by atoms with Crippen LogP contribution < -0.4 is 9.62 Å². The Balaban J connectivity index is 2.05. The minimum Gasteiger partial charge on any atom is -0.352 e. The predicted octanol–water partition coefficient (Wildman–Crippen LogP) is 5.44. The molecule has 10 heteroatoms. The van der Waals surface area contributed by atoms with Crippen molar-refractivity contribution in [3.8, 4) is 0 Å². The number of halogens is 2. The lowest BCUT2D eigenvalue weighted by atomic mass is 10.1. The van der Waals surface area contributed by atoms with Crippen LogP contribution in [0.15, 0.2) is 77.7 Å². The summed E-state index contributed by atoms with van der Waals surface area (Å²) in [5, 5.41) is 3.58. The molecular weight excluding hydrogens is 545 g/mol. The van der Waals surface area contributed by atoms with Crippen LogP contribution in [0.5, 0.6) is 0 Å². The highest BCUT2D eigenvalue weighted by Gasteiger charge is 2.33. The highest BCUT2D eigenvalue weighted by molar-refractivity contribution is 7.92. The number of carbonyl (C=O) groups excluding carboxylic acids is 2. The summed E-state index contributed by atoms with van der Waals surface area (Å²) in [6.07, 6.45) is 0. The number of nitrogens with one attached hydrogen (secondary N) is 1. The SMILES string of the molecule is Cc1ccccc1N(CC(=O)N(Cc1ccc(Cl)cc1Cl)C(C)C(=O)NC(C)C)S(=O)(=O)c1ccccc1. The monoisotopic (exact) mass is 575 g/mol. The molecule has 0 radical (unpaired) electrons. The highest BCUT2D eigenvalue weighted by Crippen LogP contribution is 2.28. The van der Waals surface area contributed by atoms with Gasteiger partial charge in [0.1, 0.15) is 12.6 Å². The number of hydrogen-bond donors (Lipinski definition) is 1. The van der Waals surface area contributed by atoms with Crippen LogP contribution >= 0.6 is 23.2 Å². The molecule has 0 aliphatic heterocycles. The summed E-state index contributed by atoms with van der Waals surface area (Å²) in [7, 11) is -4.12. The van der Waals surface area contributed by atoms with Gasteiger partial charge in [-0.1, -0.05) is 65.7 Å². The second-order valence-electron chi connectivity index (χ2n) is 9.21. The van der Waals surface area contributed by atoms with E-state index in [1.54, 1.807) is 74.5 Å². The van der Waals surface area contributed by atoms with Crippen LogP contribution in [0.4, 0.5) is 5.69 Å². The van der Waals surface area contributed by atoms with E-state index in [1.165, 1.54) is 17.0 Å². The first-order valence-corrected chi connectivity index (χ1v) is 14.3. The van der Waals surface area contributed by atoms with Crippen LogP contribution in [0.3, 0.4) is 0 Å². The smallest absolute Gasteiger partial charge is 0.264 e. The van der Waals surface area contributed by atoms with Crippen LogP contribution in [-0.2, 0) is 26.2 Å². The summed E-state index contributed by atoms with van der Waals surface area (Å²) in [5.41, 5.74) is 1.62. The summed E-state index contributed by atoms with van der Waals surface area (Å²) in [6, 6.07) is 18.7. The second kappa shape index (κ2) is 12.7. The van der Waals surface area contributed by atoms with Crippen LogP contribution in [0.1, 0.15) is 31.9 Å². The Bertz CT molecular complexity index is 1400. The normalized spacial score (nSPS) is 12.2. The highest BCUT2D eigenvalue weighted by atomic mass is 35.5. The minimum absolute atomic E-state index is 0.0193. The standard InChI is InChI=1S/C28H31Cl2N3O4S/c1-19(2)31-28(35)21(4)32(17-22-14-15-23(29)16-25(22)30)27(34)18-33(26-13-9-8-10-20(26)3)38(36,37)24-11-6-5-7-12-24/h5-16,19,21H,17-18H2,1-4H3,(H,31,35). The van der Waals surface area contributed by atoms with Gasteiger partial charge in [-0.25, -0.2) is 8.42 Å². The molecule has 0 saturated heterocycles. The molecule has 0 spiro atoms. The van der Waals surface area contributed by atoms with E-state index in [9.17, 15) is 18.0 Å². The molecule has 0 fully saturated rings. The lowest BCUT2D eigenvalue weighted by Gasteiger charge is -2.33. The van der Waals surface area contributed by atoms with Gasteiger partial charge in [0.15, 0.2) is 0 Å². The Morgan fingerprint density at radius 2 is 1.55 bits per heavy atom. The Kier molecular flexibility index (Phi) is 9.82. The van der Waals surface area contributed by atoms with Gasteiger partial charge in [0.2, 0.25) is 11.8 Å². The van der Waals surface area contributed by atoms with E-state index >= 15 is 0 Å². The van der Waals surface area contributed by atoms with E-state index in [-0.39, 0.29) is 23.4 Å². The van der Waals surface area contributed by atoms with Crippen molar-refractivity contribution in [1.82, 2.24) is 10.2 Å². The first-order valence-electron chi connectivity index (χ1n) is 12.1. The zero-order chi connectivity index (χ0) is 28.0. The fraction of sp³-hybridized carbons (Fsp3) is 0.286. The Hall–Kier alpha value is -3.07. The van der Waals surface area contributed by atoms with Gasteiger partial charge in [-0.2, -0.15) is 0 Å². The van der Waals surface area contributed by atoms with Crippen LogP contribution in [-0.4, -0.2) is 43.8 Å². The zero-order valence-electron chi connectivity index (χ0n) is 21.7. The van der Waals surface area contributed by atoms with Crippen molar-refractivity contribution in [3.63, 3.8) is 0 Å². The van der Waals surface area contributed by atoms with Crippen molar-refractivity contribution in [3.05, 3.63) is 94.0 Å². The lowest BCUT2D eigenvalue weighted by Crippen LogP contribution is -2.52. The summed E-state index contributed by atoms with van der Waals surface area (Å²) < 4.78 is 28.7. The van der Waals surface area contributed by atoms with Crippen molar-refractivity contribution in [2.75, 3.05) is 10.8 Å². The number of nitrogens with zero attached hydrogens (tertiary/aromatic N) is 2. The summed E-state index contributed by atoms with van der Waals surface area (Å²) in [5.74, 6) is -0.933. The second-order valence-corrected chi connectivity index (χ2v) is 11.9. The van der Waals surface area contributed by atoms with E-state index in [4.69, 9.17) is 23.2 Å². The third-order valence-electron chi connectivity index (χ3n) is 5.95. The maximum atomic E-state index is 13.9. The molecule has 0 aliphatic carbocycles. The lowest BCUT2D eigenvalue weighted by molar-refractivity contribution is -0.139. The predicted molar refractivity (Wildman–Crippen MR) is 152 cm³/mol. The summed E-state index contributed by atoms with van der Waals surface area (Å²) >= 11 is 12.4. The van der Waals surface area contributed by atoms with Crippen molar-refractivity contribution in [2.24, 2.45) is 0 Å². The molecule has 0 aromatic heterocycles.